The van der Waals surface area contributed by atoms with E-state index >= 15 is 0 Å². The summed E-state index contributed by atoms with van der Waals surface area (Å²) in [5.74, 6) is 1.38. The Balaban J connectivity index is 1.79. The Hall–Kier alpha value is -3.10. The Morgan fingerprint density at radius 2 is 1.65 bits per heavy atom. The van der Waals surface area contributed by atoms with Crippen molar-refractivity contribution >= 4 is 20.2 Å². The molecule has 0 fully saturated rings. The molecule has 1 N–H and O–H groups in total. The maximum Gasteiger partial charge on any atom is 0.418 e. The minimum atomic E-state index is -1.92. The summed E-state index contributed by atoms with van der Waals surface area (Å²) < 4.78 is 19.5. The van der Waals surface area contributed by atoms with Crippen LogP contribution in [0.4, 0.5) is 10.6 Å². The molecule has 1 amide bonds. The van der Waals surface area contributed by atoms with Crippen molar-refractivity contribution in [2.24, 2.45) is 0 Å². The van der Waals surface area contributed by atoms with Crippen LogP contribution in [0.5, 0.6) is 11.6 Å². The summed E-state index contributed by atoms with van der Waals surface area (Å²) in [6, 6.07) is 18.5. The number of ether oxygens (including phenoxy) is 2. The van der Waals surface area contributed by atoms with E-state index < -0.39 is 14.4 Å². The van der Waals surface area contributed by atoms with Gasteiger partial charge in [-0.15, -0.1) is 5.10 Å². The van der Waals surface area contributed by atoms with Crippen molar-refractivity contribution < 1.29 is 18.7 Å². The molecule has 0 unspecified atom stereocenters. The average molecular weight is 482 g/mol. The molecule has 3 rings (SSSR count). The van der Waals surface area contributed by atoms with Gasteiger partial charge in [0.2, 0.25) is 5.88 Å². The summed E-state index contributed by atoms with van der Waals surface area (Å²) in [5, 5.41) is 7.58. The second kappa shape index (κ2) is 10.4. The van der Waals surface area contributed by atoms with Gasteiger partial charge in [0.15, 0.2) is 8.32 Å². The second-order valence-corrected chi connectivity index (χ2v) is 14.6. The monoisotopic (exact) mass is 481 g/mol. The minimum absolute atomic E-state index is 0.0957. The van der Waals surface area contributed by atoms with Crippen LogP contribution in [0.2, 0.25) is 18.1 Å². The molecule has 1 atom stereocenters. The number of para-hydroxylation sites is 2. The summed E-state index contributed by atoms with van der Waals surface area (Å²) in [7, 11) is -1.92. The van der Waals surface area contributed by atoms with Crippen LogP contribution in [-0.2, 0) is 4.43 Å². The predicted molar refractivity (Wildman–Crippen MR) is 138 cm³/mol. The molecule has 0 aliphatic carbocycles. The van der Waals surface area contributed by atoms with Crippen LogP contribution in [0.15, 0.2) is 60.7 Å². The number of hydrogen-bond donors (Lipinski definition) is 1. The lowest BCUT2D eigenvalue weighted by Crippen LogP contribution is -2.44. The Morgan fingerprint density at radius 3 is 2.24 bits per heavy atom. The minimum Gasteiger partial charge on any atom is -0.474 e. The first-order chi connectivity index (χ1) is 16.0. The summed E-state index contributed by atoms with van der Waals surface area (Å²) in [6.45, 7) is 15.3. The van der Waals surface area contributed by atoms with Gasteiger partial charge >= 0.3 is 6.09 Å². The standard InChI is InChI=1S/C26H35N3O4Si/c1-19(33-34(6,7)26(3,4)5)18-31-24-20(2)23(29(28-24)21-14-10-8-11-15-21)27-25(30)32-22-16-12-9-13-17-22/h8-17,19H,18H2,1-7H3,(H,27,30)/t19-/m0/s1. The third kappa shape index (κ3) is 6.27. The number of hydrogen-bond acceptors (Lipinski definition) is 5. The third-order valence-electron chi connectivity index (χ3n) is 6.01. The predicted octanol–water partition coefficient (Wildman–Crippen LogP) is 6.58. The number of nitrogens with zero attached hydrogens (tertiary/aromatic N) is 2. The van der Waals surface area contributed by atoms with E-state index in [1.165, 1.54) is 0 Å². The van der Waals surface area contributed by atoms with Crippen molar-refractivity contribution in [2.45, 2.75) is 58.9 Å². The van der Waals surface area contributed by atoms with Gasteiger partial charge in [0.25, 0.3) is 0 Å². The maximum absolute atomic E-state index is 12.6. The number of anilines is 1. The Kier molecular flexibility index (Phi) is 7.84. The van der Waals surface area contributed by atoms with Crippen LogP contribution in [0, 0.1) is 6.92 Å². The SMILES string of the molecule is Cc1c(OC[C@H](C)O[Si](C)(C)C(C)(C)C)nn(-c2ccccc2)c1NC(=O)Oc1ccccc1. The van der Waals surface area contributed by atoms with Crippen molar-refractivity contribution in [3.63, 3.8) is 0 Å². The lowest BCUT2D eigenvalue weighted by molar-refractivity contribution is 0.126. The van der Waals surface area contributed by atoms with Crippen LogP contribution in [0.3, 0.4) is 0 Å². The molecule has 2 aromatic carbocycles. The fourth-order valence-electron chi connectivity index (χ4n) is 3.14. The highest BCUT2D eigenvalue weighted by Crippen LogP contribution is 2.37. The van der Waals surface area contributed by atoms with E-state index in [4.69, 9.17) is 13.9 Å². The molecule has 7 nitrogen and oxygen atoms in total. The summed E-state index contributed by atoms with van der Waals surface area (Å²) >= 11 is 0. The first-order valence-electron chi connectivity index (χ1n) is 11.5. The van der Waals surface area contributed by atoms with Gasteiger partial charge in [0.1, 0.15) is 18.2 Å². The largest absolute Gasteiger partial charge is 0.474 e. The molecule has 0 bridgehead atoms. The van der Waals surface area contributed by atoms with Crippen LogP contribution in [-0.4, -0.2) is 36.9 Å². The van der Waals surface area contributed by atoms with Crippen LogP contribution < -0.4 is 14.8 Å². The first-order valence-corrected chi connectivity index (χ1v) is 14.4. The normalized spacial score (nSPS) is 12.8. The highest BCUT2D eigenvalue weighted by atomic mass is 28.4. The molecule has 0 radical (unpaired) electrons. The zero-order chi connectivity index (χ0) is 24.9. The van der Waals surface area contributed by atoms with Gasteiger partial charge in [0.05, 0.1) is 17.4 Å². The molecular formula is C26H35N3O4Si. The van der Waals surface area contributed by atoms with Crippen LogP contribution in [0.1, 0.15) is 33.3 Å². The molecule has 0 saturated heterocycles. The average Bonchev–Trinajstić information content (AvgIpc) is 3.08. The number of carbonyl (C=O) groups is 1. The van der Waals surface area contributed by atoms with E-state index in [1.807, 2.05) is 50.2 Å². The molecule has 8 heteroatoms. The molecule has 0 aliphatic heterocycles. The molecular weight excluding hydrogens is 446 g/mol. The lowest BCUT2D eigenvalue weighted by atomic mass is 10.2. The van der Waals surface area contributed by atoms with Gasteiger partial charge in [-0.05, 0) is 56.2 Å². The van der Waals surface area contributed by atoms with E-state index in [-0.39, 0.29) is 11.1 Å². The summed E-state index contributed by atoms with van der Waals surface area (Å²) in [6.07, 6.45) is -0.700. The zero-order valence-corrected chi connectivity index (χ0v) is 22.1. The van der Waals surface area contributed by atoms with E-state index in [1.54, 1.807) is 28.9 Å². The van der Waals surface area contributed by atoms with Crippen molar-refractivity contribution in [2.75, 3.05) is 11.9 Å². The van der Waals surface area contributed by atoms with E-state index in [2.05, 4.69) is 44.3 Å². The van der Waals surface area contributed by atoms with E-state index in [9.17, 15) is 4.79 Å². The molecule has 3 aromatic rings. The van der Waals surface area contributed by atoms with Gasteiger partial charge in [-0.2, -0.15) is 0 Å². The zero-order valence-electron chi connectivity index (χ0n) is 21.1. The van der Waals surface area contributed by atoms with Gasteiger partial charge < -0.3 is 13.9 Å². The second-order valence-electron chi connectivity index (χ2n) is 9.85. The Labute approximate surface area is 203 Å². The fourth-order valence-corrected chi connectivity index (χ4v) is 4.57. The molecule has 1 heterocycles. The number of carbonyl (C=O) groups excluding carboxylic acids is 1. The van der Waals surface area contributed by atoms with Crippen molar-refractivity contribution in [1.29, 1.82) is 0 Å². The maximum atomic E-state index is 12.6. The number of amides is 1. The van der Waals surface area contributed by atoms with Gasteiger partial charge in [-0.25, -0.2) is 9.48 Å². The third-order valence-corrected chi connectivity index (χ3v) is 10.6. The highest BCUT2D eigenvalue weighted by Gasteiger charge is 2.38. The molecule has 182 valence electrons. The van der Waals surface area contributed by atoms with Crippen LogP contribution in [0.25, 0.3) is 5.69 Å². The quantitative estimate of drug-likeness (QED) is 0.368. The van der Waals surface area contributed by atoms with Crippen molar-refractivity contribution in [1.82, 2.24) is 9.78 Å². The fraction of sp³-hybridized carbons (Fsp3) is 0.385. The number of rotatable bonds is 8. The Morgan fingerprint density at radius 1 is 1.06 bits per heavy atom. The van der Waals surface area contributed by atoms with E-state index in [0.717, 1.165) is 5.69 Å². The topological polar surface area (TPSA) is 74.6 Å². The smallest absolute Gasteiger partial charge is 0.418 e. The van der Waals surface area contributed by atoms with E-state index in [0.29, 0.717) is 29.6 Å². The summed E-state index contributed by atoms with van der Waals surface area (Å²) in [4.78, 5) is 12.6. The Bertz CT molecular complexity index is 1090. The lowest BCUT2D eigenvalue weighted by Gasteiger charge is -2.38. The van der Waals surface area contributed by atoms with Gasteiger partial charge in [-0.1, -0.05) is 57.2 Å². The number of nitrogens with one attached hydrogen (secondary N) is 1. The molecule has 34 heavy (non-hydrogen) atoms. The molecule has 1 aromatic heterocycles. The summed E-state index contributed by atoms with van der Waals surface area (Å²) in [5.41, 5.74) is 1.49. The number of aromatic nitrogens is 2. The molecule has 0 spiro atoms. The number of benzene rings is 2. The van der Waals surface area contributed by atoms with Gasteiger partial charge in [-0.3, -0.25) is 5.32 Å². The first kappa shape index (κ1) is 25.5. The van der Waals surface area contributed by atoms with Crippen molar-refractivity contribution in [3.8, 4) is 17.3 Å². The molecule has 0 aliphatic rings. The van der Waals surface area contributed by atoms with Crippen molar-refractivity contribution in [3.05, 3.63) is 66.2 Å². The highest BCUT2D eigenvalue weighted by molar-refractivity contribution is 6.74. The molecule has 0 saturated carbocycles. The van der Waals surface area contributed by atoms with Gasteiger partial charge in [0, 0.05) is 0 Å². The van der Waals surface area contributed by atoms with Crippen LogP contribution >= 0.6 is 0 Å².